The van der Waals surface area contributed by atoms with Crippen LogP contribution in [-0.4, -0.2) is 42.7 Å². The third kappa shape index (κ3) is 3.60. The van der Waals surface area contributed by atoms with Crippen molar-refractivity contribution < 1.29 is 18.3 Å². The average molecular weight is 299 g/mol. The minimum absolute atomic E-state index is 0.00164. The lowest BCUT2D eigenvalue weighted by atomic mass is 9.99. The maximum absolute atomic E-state index is 11.6. The van der Waals surface area contributed by atoms with Crippen molar-refractivity contribution in [3.05, 3.63) is 18.0 Å². The molecular weight excluding hydrogens is 282 g/mol. The van der Waals surface area contributed by atoms with Crippen molar-refractivity contribution in [1.29, 1.82) is 0 Å². The molecule has 1 aliphatic rings. The number of nitrogens with one attached hydrogen (secondary N) is 2. The molecule has 1 aromatic heterocycles. The summed E-state index contributed by atoms with van der Waals surface area (Å²) in [6.45, 7) is 2.19. The standard InChI is InChI=1S/C12H17N3O4S/c1-2-20(18,19)7-8-3-10-11(13-5-8)4-9(6-14-10)15-12(16)17/h4,6,8,13,15H,2-3,5,7H2,1H3,(H,16,17). The molecule has 0 spiro atoms. The second kappa shape index (κ2) is 5.66. The summed E-state index contributed by atoms with van der Waals surface area (Å²) in [7, 11) is -3.00. The number of rotatable bonds is 4. The van der Waals surface area contributed by atoms with Crippen LogP contribution in [0.3, 0.4) is 0 Å². The quantitative estimate of drug-likeness (QED) is 0.770. The molecule has 0 saturated carbocycles. The van der Waals surface area contributed by atoms with Crippen LogP contribution in [0.15, 0.2) is 12.3 Å². The Hall–Kier alpha value is -1.83. The molecule has 1 amide bonds. The van der Waals surface area contributed by atoms with Gasteiger partial charge in [0.1, 0.15) is 9.84 Å². The van der Waals surface area contributed by atoms with Crippen LogP contribution in [0.5, 0.6) is 0 Å². The van der Waals surface area contributed by atoms with Crippen molar-refractivity contribution >= 4 is 27.3 Å². The number of nitrogens with zero attached hydrogens (tertiary/aromatic N) is 1. The van der Waals surface area contributed by atoms with E-state index in [1.54, 1.807) is 13.0 Å². The molecular formula is C12H17N3O4S. The van der Waals surface area contributed by atoms with E-state index in [0.29, 0.717) is 18.7 Å². The molecule has 8 heteroatoms. The zero-order valence-electron chi connectivity index (χ0n) is 11.1. The van der Waals surface area contributed by atoms with Crippen molar-refractivity contribution in [1.82, 2.24) is 4.98 Å². The molecule has 0 saturated heterocycles. The Labute approximate surface area is 117 Å². The van der Waals surface area contributed by atoms with Gasteiger partial charge in [0.25, 0.3) is 0 Å². The molecule has 1 aliphatic heterocycles. The van der Waals surface area contributed by atoms with E-state index in [0.717, 1.165) is 11.4 Å². The van der Waals surface area contributed by atoms with E-state index in [-0.39, 0.29) is 17.4 Å². The van der Waals surface area contributed by atoms with Crippen LogP contribution in [0.4, 0.5) is 16.2 Å². The number of carboxylic acid groups (broad SMARTS) is 1. The largest absolute Gasteiger partial charge is 0.465 e. The smallest absolute Gasteiger partial charge is 0.409 e. The molecule has 0 radical (unpaired) electrons. The molecule has 0 bridgehead atoms. The van der Waals surface area contributed by atoms with E-state index in [9.17, 15) is 13.2 Å². The molecule has 0 fully saturated rings. The van der Waals surface area contributed by atoms with Crippen molar-refractivity contribution in [2.45, 2.75) is 13.3 Å². The van der Waals surface area contributed by atoms with Crippen LogP contribution in [0, 0.1) is 5.92 Å². The van der Waals surface area contributed by atoms with Gasteiger partial charge in [-0.15, -0.1) is 0 Å². The first kappa shape index (κ1) is 14.6. The third-order valence-corrected chi connectivity index (χ3v) is 5.07. The Morgan fingerprint density at radius 1 is 1.60 bits per heavy atom. The molecule has 3 N–H and O–H groups in total. The van der Waals surface area contributed by atoms with Gasteiger partial charge in [-0.3, -0.25) is 10.3 Å². The molecule has 20 heavy (non-hydrogen) atoms. The summed E-state index contributed by atoms with van der Waals surface area (Å²) in [6.07, 6.45) is 0.870. The lowest BCUT2D eigenvalue weighted by Gasteiger charge is -2.25. The van der Waals surface area contributed by atoms with Crippen molar-refractivity contribution in [2.75, 3.05) is 28.7 Å². The lowest BCUT2D eigenvalue weighted by Crippen LogP contribution is -2.30. The topological polar surface area (TPSA) is 108 Å². The van der Waals surface area contributed by atoms with Gasteiger partial charge in [0.15, 0.2) is 0 Å². The number of pyridine rings is 1. The van der Waals surface area contributed by atoms with Gasteiger partial charge in [-0.1, -0.05) is 6.92 Å². The van der Waals surface area contributed by atoms with Gasteiger partial charge in [0.05, 0.1) is 29.0 Å². The van der Waals surface area contributed by atoms with E-state index in [4.69, 9.17) is 5.11 Å². The predicted octanol–water partition coefficient (Wildman–Crippen LogP) is 1.19. The molecule has 7 nitrogen and oxygen atoms in total. The molecule has 2 heterocycles. The monoisotopic (exact) mass is 299 g/mol. The summed E-state index contributed by atoms with van der Waals surface area (Å²) in [5.41, 5.74) is 1.91. The zero-order chi connectivity index (χ0) is 14.8. The van der Waals surface area contributed by atoms with E-state index >= 15 is 0 Å². The molecule has 0 aromatic carbocycles. The molecule has 1 aromatic rings. The molecule has 110 valence electrons. The number of hydrogen-bond donors (Lipinski definition) is 3. The fourth-order valence-corrected chi connectivity index (χ4v) is 3.38. The van der Waals surface area contributed by atoms with Crippen LogP contribution < -0.4 is 10.6 Å². The normalized spacial score (nSPS) is 17.9. The molecule has 2 rings (SSSR count). The second-order valence-corrected chi connectivity index (χ2v) is 7.20. The van der Waals surface area contributed by atoms with Crippen LogP contribution in [0.2, 0.25) is 0 Å². The summed E-state index contributed by atoms with van der Waals surface area (Å²) in [4.78, 5) is 14.7. The summed E-state index contributed by atoms with van der Waals surface area (Å²) in [5.74, 6) is 0.288. The zero-order valence-corrected chi connectivity index (χ0v) is 11.9. The summed E-state index contributed by atoms with van der Waals surface area (Å²) in [6, 6.07) is 1.67. The minimum atomic E-state index is -3.00. The number of carbonyl (C=O) groups is 1. The Balaban J connectivity index is 2.10. The Morgan fingerprint density at radius 2 is 2.35 bits per heavy atom. The predicted molar refractivity (Wildman–Crippen MR) is 75.9 cm³/mol. The van der Waals surface area contributed by atoms with Crippen LogP contribution in [0.1, 0.15) is 12.6 Å². The summed E-state index contributed by atoms with van der Waals surface area (Å²) >= 11 is 0. The summed E-state index contributed by atoms with van der Waals surface area (Å²) < 4.78 is 23.3. The van der Waals surface area contributed by atoms with Crippen molar-refractivity contribution in [3.63, 3.8) is 0 Å². The number of sulfone groups is 1. The number of aromatic nitrogens is 1. The maximum atomic E-state index is 11.6. The minimum Gasteiger partial charge on any atom is -0.465 e. The Bertz CT molecular complexity index is 615. The SMILES string of the molecule is CCS(=O)(=O)CC1CNc2cc(NC(=O)O)cnc2C1. The van der Waals surface area contributed by atoms with E-state index in [1.807, 2.05) is 0 Å². The van der Waals surface area contributed by atoms with Gasteiger partial charge in [-0.2, -0.15) is 0 Å². The third-order valence-electron chi connectivity index (χ3n) is 3.21. The van der Waals surface area contributed by atoms with Gasteiger partial charge in [0.2, 0.25) is 0 Å². The van der Waals surface area contributed by atoms with Gasteiger partial charge in [0, 0.05) is 12.3 Å². The lowest BCUT2D eigenvalue weighted by molar-refractivity contribution is 0.209. The maximum Gasteiger partial charge on any atom is 0.409 e. The highest BCUT2D eigenvalue weighted by molar-refractivity contribution is 7.91. The van der Waals surface area contributed by atoms with Crippen molar-refractivity contribution in [3.8, 4) is 0 Å². The highest BCUT2D eigenvalue weighted by Gasteiger charge is 2.24. The average Bonchev–Trinajstić information content (AvgIpc) is 2.38. The van der Waals surface area contributed by atoms with Gasteiger partial charge < -0.3 is 10.4 Å². The first-order chi connectivity index (χ1) is 9.39. The highest BCUT2D eigenvalue weighted by Crippen LogP contribution is 2.26. The van der Waals surface area contributed by atoms with Crippen LogP contribution >= 0.6 is 0 Å². The fourth-order valence-electron chi connectivity index (χ4n) is 2.20. The van der Waals surface area contributed by atoms with Gasteiger partial charge >= 0.3 is 6.09 Å². The van der Waals surface area contributed by atoms with E-state index < -0.39 is 15.9 Å². The van der Waals surface area contributed by atoms with Crippen LogP contribution in [0.25, 0.3) is 0 Å². The second-order valence-electron chi connectivity index (χ2n) is 4.80. The first-order valence-electron chi connectivity index (χ1n) is 6.33. The van der Waals surface area contributed by atoms with Gasteiger partial charge in [-0.25, -0.2) is 13.2 Å². The first-order valence-corrected chi connectivity index (χ1v) is 8.15. The highest BCUT2D eigenvalue weighted by atomic mass is 32.2. The van der Waals surface area contributed by atoms with E-state index in [1.165, 1.54) is 6.20 Å². The Morgan fingerprint density at radius 3 is 3.00 bits per heavy atom. The number of anilines is 2. The van der Waals surface area contributed by atoms with Crippen LogP contribution in [-0.2, 0) is 16.3 Å². The number of hydrogen-bond acceptors (Lipinski definition) is 5. The molecule has 1 unspecified atom stereocenters. The number of amides is 1. The summed E-state index contributed by atoms with van der Waals surface area (Å²) in [5, 5.41) is 14.0. The Kier molecular flexibility index (Phi) is 4.12. The molecule has 0 aliphatic carbocycles. The number of fused-ring (bicyclic) bond motifs is 1. The fraction of sp³-hybridized carbons (Fsp3) is 0.500. The molecule has 1 atom stereocenters. The van der Waals surface area contributed by atoms with Gasteiger partial charge in [-0.05, 0) is 18.4 Å². The van der Waals surface area contributed by atoms with E-state index in [2.05, 4.69) is 15.6 Å². The van der Waals surface area contributed by atoms with Crippen molar-refractivity contribution in [2.24, 2.45) is 5.92 Å².